The third-order valence-electron chi connectivity index (χ3n) is 6.42. The summed E-state index contributed by atoms with van der Waals surface area (Å²) < 4.78 is 1.76. The quantitative estimate of drug-likeness (QED) is 0.394. The minimum Gasteiger partial charge on any atom is -0.301 e. The van der Waals surface area contributed by atoms with Gasteiger partial charge in [-0.25, -0.2) is 4.98 Å². The van der Waals surface area contributed by atoms with Crippen LogP contribution in [0.25, 0.3) is 22.0 Å². The third-order valence-corrected chi connectivity index (χ3v) is 7.43. The highest BCUT2D eigenvalue weighted by molar-refractivity contribution is 7.09. The number of hydrogen-bond acceptors (Lipinski definition) is 7. The molecule has 1 aliphatic heterocycles. The second kappa shape index (κ2) is 9.11. The number of piperidine rings is 1. The highest BCUT2D eigenvalue weighted by atomic mass is 32.1. The van der Waals surface area contributed by atoms with Gasteiger partial charge < -0.3 is 4.90 Å². The minimum atomic E-state index is 0.0190. The van der Waals surface area contributed by atoms with Gasteiger partial charge in [-0.3, -0.25) is 19.4 Å². The van der Waals surface area contributed by atoms with E-state index in [0.717, 1.165) is 58.7 Å². The Balaban J connectivity index is 1.29. The van der Waals surface area contributed by atoms with E-state index in [4.69, 9.17) is 4.98 Å². The Bertz CT molecular complexity index is 1290. The van der Waals surface area contributed by atoms with Gasteiger partial charge in [0.25, 0.3) is 0 Å². The van der Waals surface area contributed by atoms with Crippen molar-refractivity contribution >= 4 is 27.9 Å². The van der Waals surface area contributed by atoms with Crippen LogP contribution in [-0.2, 0) is 13.5 Å². The molecule has 7 nitrogen and oxygen atoms in total. The number of carbonyl (C=O) groups is 1. The Morgan fingerprint density at radius 1 is 1.12 bits per heavy atom. The molecule has 8 heteroatoms. The van der Waals surface area contributed by atoms with Gasteiger partial charge in [0, 0.05) is 59.6 Å². The summed E-state index contributed by atoms with van der Waals surface area (Å²) in [5.74, 6) is 0.481. The van der Waals surface area contributed by atoms with E-state index in [0.29, 0.717) is 17.7 Å². The highest BCUT2D eigenvalue weighted by Crippen LogP contribution is 2.31. The van der Waals surface area contributed by atoms with Crippen LogP contribution in [0.4, 0.5) is 0 Å². The smallest absolute Gasteiger partial charge is 0.187 e. The van der Waals surface area contributed by atoms with E-state index >= 15 is 0 Å². The van der Waals surface area contributed by atoms with Gasteiger partial charge in [0.2, 0.25) is 0 Å². The maximum atomic E-state index is 13.0. The largest absolute Gasteiger partial charge is 0.301 e. The summed E-state index contributed by atoms with van der Waals surface area (Å²) in [6.45, 7) is 6.69. The predicted molar refractivity (Wildman–Crippen MR) is 131 cm³/mol. The molecule has 33 heavy (non-hydrogen) atoms. The molecular formula is C25H28N6OS. The fraction of sp³-hybridized carbons (Fsp3) is 0.400. The highest BCUT2D eigenvalue weighted by Gasteiger charge is 2.25. The van der Waals surface area contributed by atoms with Crippen LogP contribution >= 0.6 is 11.3 Å². The van der Waals surface area contributed by atoms with E-state index in [-0.39, 0.29) is 12.2 Å². The van der Waals surface area contributed by atoms with E-state index in [1.807, 2.05) is 37.0 Å². The van der Waals surface area contributed by atoms with E-state index in [1.165, 1.54) is 0 Å². The molecule has 0 atom stereocenters. The molecule has 4 aromatic heterocycles. The van der Waals surface area contributed by atoms with Crippen LogP contribution in [0.1, 0.15) is 53.8 Å². The number of likely N-dealkylation sites (tertiary alicyclic amines) is 1. The van der Waals surface area contributed by atoms with Crippen LogP contribution in [0.15, 0.2) is 42.3 Å². The Morgan fingerprint density at radius 2 is 1.91 bits per heavy atom. The van der Waals surface area contributed by atoms with E-state index in [2.05, 4.69) is 33.8 Å². The topological polar surface area (TPSA) is 76.8 Å². The number of fused-ring (bicyclic) bond motifs is 1. The number of ketones is 1. The monoisotopic (exact) mass is 460 g/mol. The van der Waals surface area contributed by atoms with Crippen molar-refractivity contribution in [1.29, 1.82) is 0 Å². The molecule has 5 rings (SSSR count). The minimum absolute atomic E-state index is 0.0190. The predicted octanol–water partition coefficient (Wildman–Crippen LogP) is 4.50. The van der Waals surface area contributed by atoms with Crippen LogP contribution in [0, 0.1) is 0 Å². The molecule has 5 heterocycles. The zero-order valence-corrected chi connectivity index (χ0v) is 20.0. The number of nitrogens with zero attached hydrogens (tertiary/aromatic N) is 6. The van der Waals surface area contributed by atoms with E-state index in [1.54, 1.807) is 28.4 Å². The summed E-state index contributed by atoms with van der Waals surface area (Å²) in [6, 6.07) is 4.58. The summed E-state index contributed by atoms with van der Waals surface area (Å²) >= 11 is 1.62. The summed E-state index contributed by atoms with van der Waals surface area (Å²) in [5, 5.41) is 9.19. The summed E-state index contributed by atoms with van der Waals surface area (Å²) in [5.41, 5.74) is 3.12. The molecule has 0 aliphatic carbocycles. The van der Waals surface area contributed by atoms with Crippen molar-refractivity contribution in [3.63, 3.8) is 0 Å². The number of aryl methyl sites for hydroxylation is 1. The second-order valence-corrected chi connectivity index (χ2v) is 9.96. The molecule has 4 aromatic rings. The van der Waals surface area contributed by atoms with Gasteiger partial charge in [0.1, 0.15) is 5.69 Å². The molecule has 0 radical (unpaired) electrons. The number of carbonyl (C=O) groups excluding carboxylic acids is 1. The molecule has 1 saturated heterocycles. The van der Waals surface area contributed by atoms with Crippen molar-refractivity contribution in [1.82, 2.24) is 29.6 Å². The van der Waals surface area contributed by atoms with E-state index < -0.39 is 0 Å². The van der Waals surface area contributed by atoms with Gasteiger partial charge in [-0.1, -0.05) is 0 Å². The SMILES string of the molecule is CC(C)N1CCC(c2nc(C(=O)Cc3cc4cc(-c5cnn(C)c5)ncc4cn3)cs2)CC1. The molecule has 1 fully saturated rings. The summed E-state index contributed by atoms with van der Waals surface area (Å²) in [6.07, 6.45) is 9.80. The Morgan fingerprint density at radius 3 is 2.64 bits per heavy atom. The van der Waals surface area contributed by atoms with Gasteiger partial charge in [0.05, 0.1) is 23.3 Å². The number of Topliss-reactive ketones (excluding diaryl/α,β-unsaturated/α-hetero) is 1. The van der Waals surface area contributed by atoms with Crippen LogP contribution in [-0.4, -0.2) is 54.5 Å². The van der Waals surface area contributed by atoms with Crippen molar-refractivity contribution in [3.8, 4) is 11.3 Å². The first kappa shape index (κ1) is 21.9. The lowest BCUT2D eigenvalue weighted by Crippen LogP contribution is -2.37. The molecule has 0 bridgehead atoms. The fourth-order valence-corrected chi connectivity index (χ4v) is 5.41. The second-order valence-electron chi connectivity index (χ2n) is 9.07. The Labute approximate surface area is 197 Å². The lowest BCUT2D eigenvalue weighted by Gasteiger charge is -2.33. The summed E-state index contributed by atoms with van der Waals surface area (Å²) in [7, 11) is 1.89. The lowest BCUT2D eigenvalue weighted by molar-refractivity contribution is 0.0987. The van der Waals surface area contributed by atoms with Gasteiger partial charge in [-0.2, -0.15) is 5.10 Å². The Kier molecular flexibility index (Phi) is 6.03. The van der Waals surface area contributed by atoms with Crippen molar-refractivity contribution in [2.75, 3.05) is 13.1 Å². The molecule has 0 aromatic carbocycles. The molecule has 0 N–H and O–H groups in total. The lowest BCUT2D eigenvalue weighted by atomic mass is 9.96. The number of hydrogen-bond donors (Lipinski definition) is 0. The fourth-order valence-electron chi connectivity index (χ4n) is 4.41. The molecule has 170 valence electrons. The van der Waals surface area contributed by atoms with Gasteiger partial charge in [-0.05, 0) is 57.3 Å². The summed E-state index contributed by atoms with van der Waals surface area (Å²) in [4.78, 5) is 29.2. The number of pyridine rings is 2. The van der Waals surface area contributed by atoms with Crippen molar-refractivity contribution in [3.05, 3.63) is 58.7 Å². The maximum absolute atomic E-state index is 13.0. The van der Waals surface area contributed by atoms with Gasteiger partial charge >= 0.3 is 0 Å². The molecule has 0 amide bonds. The zero-order chi connectivity index (χ0) is 22.9. The number of thiazole rings is 1. The van der Waals surface area contributed by atoms with Crippen LogP contribution in [0.5, 0.6) is 0 Å². The first-order valence-electron chi connectivity index (χ1n) is 11.4. The van der Waals surface area contributed by atoms with Crippen molar-refractivity contribution in [2.24, 2.45) is 7.05 Å². The van der Waals surface area contributed by atoms with Crippen LogP contribution < -0.4 is 0 Å². The zero-order valence-electron chi connectivity index (χ0n) is 19.2. The average molecular weight is 461 g/mol. The van der Waals surface area contributed by atoms with Crippen molar-refractivity contribution < 1.29 is 4.79 Å². The first-order chi connectivity index (χ1) is 16.0. The van der Waals surface area contributed by atoms with Gasteiger partial charge in [-0.15, -0.1) is 11.3 Å². The molecular weight excluding hydrogens is 432 g/mol. The van der Waals surface area contributed by atoms with Crippen LogP contribution in [0.2, 0.25) is 0 Å². The molecule has 1 aliphatic rings. The van der Waals surface area contributed by atoms with Crippen molar-refractivity contribution in [2.45, 2.75) is 45.1 Å². The first-order valence-corrected chi connectivity index (χ1v) is 12.3. The normalized spacial score (nSPS) is 15.5. The van der Waals surface area contributed by atoms with Crippen LogP contribution in [0.3, 0.4) is 0 Å². The number of aromatic nitrogens is 5. The molecule has 0 unspecified atom stereocenters. The van der Waals surface area contributed by atoms with Gasteiger partial charge in [0.15, 0.2) is 5.78 Å². The van der Waals surface area contributed by atoms with E-state index in [9.17, 15) is 4.79 Å². The standard InChI is InChI=1S/C25H28N6OS/c1-16(2)31-6-4-17(5-7-31)25-29-23(15-33-25)24(32)10-21-8-18-9-22(20-13-28-30(3)14-20)27-12-19(18)11-26-21/h8-9,11-17H,4-7,10H2,1-3H3. The third kappa shape index (κ3) is 4.72. The molecule has 0 saturated carbocycles. The molecule has 0 spiro atoms. The number of rotatable bonds is 6. The average Bonchev–Trinajstić information content (AvgIpc) is 3.48. The Hall–Kier alpha value is -2.97. The maximum Gasteiger partial charge on any atom is 0.187 e.